The summed E-state index contributed by atoms with van der Waals surface area (Å²) in [6.45, 7) is 1.88. The first kappa shape index (κ1) is 11.4. The van der Waals surface area contributed by atoms with Crippen LogP contribution in [0.2, 0.25) is 0 Å². The molecule has 2 unspecified atom stereocenters. The van der Waals surface area contributed by atoms with Crippen molar-refractivity contribution in [3.05, 3.63) is 41.3 Å². The molecule has 0 amide bonds. The molecule has 0 radical (unpaired) electrons. The summed E-state index contributed by atoms with van der Waals surface area (Å²) in [6.07, 6.45) is 3.39. The van der Waals surface area contributed by atoms with Gasteiger partial charge in [-0.3, -0.25) is 15.5 Å². The van der Waals surface area contributed by atoms with Crippen LogP contribution in [0.1, 0.15) is 22.7 Å². The molecule has 0 bridgehead atoms. The lowest BCUT2D eigenvalue weighted by Gasteiger charge is -2.27. The molecule has 2 aromatic heterocycles. The van der Waals surface area contributed by atoms with Gasteiger partial charge in [0.05, 0.1) is 6.07 Å². The van der Waals surface area contributed by atoms with Gasteiger partial charge in [0.2, 0.25) is 11.8 Å². The lowest BCUT2D eigenvalue weighted by molar-refractivity contribution is 0.436. The van der Waals surface area contributed by atoms with Crippen LogP contribution < -0.4 is 4.74 Å². The third-order valence-electron chi connectivity index (χ3n) is 3.28. The quantitative estimate of drug-likeness (QED) is 0.808. The minimum atomic E-state index is -0.659. The van der Waals surface area contributed by atoms with Crippen LogP contribution in [0, 0.1) is 29.6 Å². The fourth-order valence-electron chi connectivity index (χ4n) is 2.40. The van der Waals surface area contributed by atoms with Gasteiger partial charge in [-0.2, -0.15) is 5.26 Å². The van der Waals surface area contributed by atoms with E-state index in [1.165, 1.54) is 0 Å². The first-order chi connectivity index (χ1) is 9.22. The predicted molar refractivity (Wildman–Crippen MR) is 66.9 cm³/mol. The smallest absolute Gasteiger partial charge is 0.243 e. The number of rotatable bonds is 1. The Hall–Kier alpha value is -2.68. The first-order valence-corrected chi connectivity index (χ1v) is 5.83. The summed E-state index contributed by atoms with van der Waals surface area (Å²) in [7, 11) is 0. The summed E-state index contributed by atoms with van der Waals surface area (Å²) in [6, 6.07) is 5.86. The Morgan fingerprint density at radius 1 is 1.53 bits per heavy atom. The van der Waals surface area contributed by atoms with Gasteiger partial charge >= 0.3 is 0 Å². The second kappa shape index (κ2) is 4.21. The van der Waals surface area contributed by atoms with E-state index in [1.807, 2.05) is 19.1 Å². The van der Waals surface area contributed by atoms with Crippen molar-refractivity contribution in [2.45, 2.75) is 12.8 Å². The molecule has 1 aliphatic rings. The van der Waals surface area contributed by atoms with E-state index in [0.717, 1.165) is 16.8 Å². The third-order valence-corrected chi connectivity index (χ3v) is 3.28. The summed E-state index contributed by atoms with van der Waals surface area (Å²) in [4.78, 5) is 4.09. The number of aryl methyl sites for hydroxylation is 1. The zero-order chi connectivity index (χ0) is 13.4. The van der Waals surface area contributed by atoms with Crippen LogP contribution in [0.25, 0.3) is 0 Å². The zero-order valence-corrected chi connectivity index (χ0v) is 10.2. The molecule has 6 nitrogen and oxygen atoms in total. The first-order valence-electron chi connectivity index (χ1n) is 5.83. The topological polar surface area (TPSA) is 98.4 Å². The van der Waals surface area contributed by atoms with E-state index >= 15 is 0 Å². The van der Waals surface area contributed by atoms with Crippen molar-refractivity contribution in [1.29, 1.82) is 10.7 Å². The predicted octanol–water partition coefficient (Wildman–Crippen LogP) is 1.75. The number of hydrogen-bond acceptors (Lipinski definition) is 5. The van der Waals surface area contributed by atoms with Crippen molar-refractivity contribution in [3.8, 4) is 11.9 Å². The number of pyridine rings is 1. The average molecular weight is 253 g/mol. The number of H-pyrrole nitrogens is 1. The summed E-state index contributed by atoms with van der Waals surface area (Å²) in [5, 5.41) is 24.0. The molecule has 2 N–H and O–H groups in total. The van der Waals surface area contributed by atoms with Crippen LogP contribution in [0.5, 0.6) is 5.88 Å². The van der Waals surface area contributed by atoms with Gasteiger partial charge in [-0.15, -0.1) is 5.10 Å². The molecular weight excluding hydrogens is 242 g/mol. The SMILES string of the molecule is Cc1[nH]nc2c1C(c1cccnc1)C(C#N)C(=N)O2. The Kier molecular flexibility index (Phi) is 2.53. The Balaban J connectivity index is 2.21. The lowest BCUT2D eigenvalue weighted by Crippen LogP contribution is -2.31. The van der Waals surface area contributed by atoms with Gasteiger partial charge in [0.15, 0.2) is 0 Å². The molecule has 1 aliphatic heterocycles. The highest BCUT2D eigenvalue weighted by Gasteiger charge is 2.39. The summed E-state index contributed by atoms with van der Waals surface area (Å²) >= 11 is 0. The molecule has 0 saturated carbocycles. The van der Waals surface area contributed by atoms with E-state index in [9.17, 15) is 5.26 Å². The Labute approximate surface area is 109 Å². The van der Waals surface area contributed by atoms with Crippen LogP contribution in [-0.4, -0.2) is 21.1 Å². The van der Waals surface area contributed by atoms with Crippen LogP contribution in [0.15, 0.2) is 24.5 Å². The Bertz CT molecular complexity index is 670. The highest BCUT2D eigenvalue weighted by Crippen LogP contribution is 2.42. The molecule has 3 rings (SSSR count). The Morgan fingerprint density at radius 3 is 3.05 bits per heavy atom. The van der Waals surface area contributed by atoms with Crippen LogP contribution in [0.3, 0.4) is 0 Å². The fourth-order valence-corrected chi connectivity index (χ4v) is 2.40. The molecule has 94 valence electrons. The highest BCUT2D eigenvalue weighted by atomic mass is 16.5. The van der Waals surface area contributed by atoms with Crippen LogP contribution in [0.4, 0.5) is 0 Å². The van der Waals surface area contributed by atoms with Gasteiger partial charge in [-0.1, -0.05) is 6.07 Å². The van der Waals surface area contributed by atoms with E-state index in [2.05, 4.69) is 21.3 Å². The number of aromatic nitrogens is 3. The lowest BCUT2D eigenvalue weighted by atomic mass is 9.80. The fraction of sp³-hybridized carbons (Fsp3) is 0.231. The summed E-state index contributed by atoms with van der Waals surface area (Å²) in [5.74, 6) is -0.625. The number of aromatic amines is 1. The second-order valence-corrected chi connectivity index (χ2v) is 4.40. The molecule has 0 aromatic carbocycles. The molecule has 0 fully saturated rings. The minimum Gasteiger partial charge on any atom is -0.422 e. The van der Waals surface area contributed by atoms with Gasteiger partial charge in [0, 0.05) is 29.6 Å². The number of nitrogens with zero attached hydrogens (tertiary/aromatic N) is 3. The molecule has 6 heteroatoms. The highest BCUT2D eigenvalue weighted by molar-refractivity contribution is 5.84. The van der Waals surface area contributed by atoms with E-state index in [4.69, 9.17) is 10.1 Å². The average Bonchev–Trinajstić information content (AvgIpc) is 2.79. The van der Waals surface area contributed by atoms with Crippen molar-refractivity contribution in [2.24, 2.45) is 5.92 Å². The Morgan fingerprint density at radius 2 is 2.37 bits per heavy atom. The summed E-state index contributed by atoms with van der Waals surface area (Å²) < 4.78 is 5.31. The zero-order valence-electron chi connectivity index (χ0n) is 10.2. The molecular formula is C13H11N5O. The van der Waals surface area contributed by atoms with Crippen molar-refractivity contribution in [3.63, 3.8) is 0 Å². The number of hydrogen-bond donors (Lipinski definition) is 2. The molecule has 0 saturated heterocycles. The van der Waals surface area contributed by atoms with E-state index in [0.29, 0.717) is 5.88 Å². The summed E-state index contributed by atoms with van der Waals surface area (Å²) in [5.41, 5.74) is 2.56. The number of fused-ring (bicyclic) bond motifs is 1. The molecule has 0 spiro atoms. The van der Waals surface area contributed by atoms with Crippen molar-refractivity contribution < 1.29 is 4.74 Å². The van der Waals surface area contributed by atoms with Gasteiger partial charge in [-0.05, 0) is 18.6 Å². The molecule has 19 heavy (non-hydrogen) atoms. The maximum atomic E-state index is 9.33. The number of nitrogens with one attached hydrogen (secondary N) is 2. The van der Waals surface area contributed by atoms with Gasteiger partial charge < -0.3 is 4.74 Å². The third kappa shape index (κ3) is 1.67. The van der Waals surface area contributed by atoms with E-state index in [-0.39, 0.29) is 11.8 Å². The van der Waals surface area contributed by atoms with Gasteiger partial charge in [0.1, 0.15) is 5.92 Å². The van der Waals surface area contributed by atoms with Gasteiger partial charge in [0.25, 0.3) is 0 Å². The maximum absolute atomic E-state index is 9.33. The standard InChI is InChI=1S/C13H11N5O/c1-7-10-11(8-3-2-4-16-6-8)9(5-14)12(15)19-13(10)18-17-7/h2-4,6,9,11,15H,1H3,(H,17,18). The normalized spacial score (nSPS) is 21.4. The number of ether oxygens (including phenoxy) is 1. The van der Waals surface area contributed by atoms with Crippen molar-refractivity contribution in [2.75, 3.05) is 0 Å². The maximum Gasteiger partial charge on any atom is 0.243 e. The van der Waals surface area contributed by atoms with E-state index in [1.54, 1.807) is 12.4 Å². The van der Waals surface area contributed by atoms with Crippen LogP contribution in [-0.2, 0) is 0 Å². The minimum absolute atomic E-state index is 0.0737. The largest absolute Gasteiger partial charge is 0.422 e. The second-order valence-electron chi connectivity index (χ2n) is 4.40. The van der Waals surface area contributed by atoms with Gasteiger partial charge in [-0.25, -0.2) is 0 Å². The van der Waals surface area contributed by atoms with E-state index < -0.39 is 5.92 Å². The molecule has 3 heterocycles. The molecule has 2 atom stereocenters. The number of nitriles is 1. The van der Waals surface area contributed by atoms with Crippen LogP contribution >= 0.6 is 0 Å². The molecule has 0 aliphatic carbocycles. The van der Waals surface area contributed by atoms with Crippen molar-refractivity contribution in [1.82, 2.24) is 15.2 Å². The molecule has 2 aromatic rings. The monoisotopic (exact) mass is 253 g/mol. The van der Waals surface area contributed by atoms with Crippen molar-refractivity contribution >= 4 is 5.90 Å².